The lowest BCUT2D eigenvalue weighted by atomic mass is 9.93. The monoisotopic (exact) mass is 303 g/mol. The molecule has 22 heavy (non-hydrogen) atoms. The van der Waals surface area contributed by atoms with Crippen LogP contribution in [0.1, 0.15) is 0 Å². The number of benzene rings is 2. The van der Waals surface area contributed by atoms with E-state index in [-0.39, 0.29) is 5.75 Å². The van der Waals surface area contributed by atoms with Crippen molar-refractivity contribution < 1.29 is 5.11 Å². The van der Waals surface area contributed by atoms with Crippen LogP contribution in [0.5, 0.6) is 5.75 Å². The van der Waals surface area contributed by atoms with Crippen molar-refractivity contribution in [3.8, 4) is 28.0 Å². The van der Waals surface area contributed by atoms with Crippen molar-refractivity contribution >= 4 is 22.2 Å². The molecule has 0 fully saturated rings. The topological polar surface area (TPSA) is 33.1 Å². The summed E-state index contributed by atoms with van der Waals surface area (Å²) in [6.07, 6.45) is 1.85. The molecule has 0 aliphatic heterocycles. The maximum atomic E-state index is 10.2. The minimum atomic E-state index is 0.274. The minimum absolute atomic E-state index is 0.274. The van der Waals surface area contributed by atoms with Crippen LogP contribution in [0, 0.1) is 0 Å². The number of phenols is 1. The Kier molecular flexibility index (Phi) is 3.13. The molecule has 0 bridgehead atoms. The summed E-state index contributed by atoms with van der Waals surface area (Å²) >= 11 is 1.67. The van der Waals surface area contributed by atoms with E-state index in [1.54, 1.807) is 17.4 Å². The SMILES string of the molecule is Oc1ccccc1-c1cnc2ccccc2c1-c1ccsc1. The third kappa shape index (κ3) is 2.07. The van der Waals surface area contributed by atoms with Crippen molar-refractivity contribution in [2.75, 3.05) is 0 Å². The van der Waals surface area contributed by atoms with Gasteiger partial charge in [-0.1, -0.05) is 36.4 Å². The molecule has 0 aliphatic carbocycles. The Balaban J connectivity index is 2.12. The van der Waals surface area contributed by atoms with Crippen LogP contribution in [-0.2, 0) is 0 Å². The zero-order chi connectivity index (χ0) is 14.9. The number of aromatic nitrogens is 1. The molecule has 2 aromatic carbocycles. The Morgan fingerprint density at radius 3 is 2.50 bits per heavy atom. The van der Waals surface area contributed by atoms with Crippen LogP contribution in [0.4, 0.5) is 0 Å². The molecule has 0 saturated heterocycles. The molecule has 0 amide bonds. The zero-order valence-corrected chi connectivity index (χ0v) is 12.5. The molecule has 0 unspecified atom stereocenters. The van der Waals surface area contributed by atoms with Gasteiger partial charge in [-0.15, -0.1) is 0 Å². The standard InChI is InChI=1S/C19H13NOS/c21-18-8-4-2-5-14(18)16-11-20-17-7-3-1-6-15(17)19(16)13-9-10-22-12-13/h1-12,21H. The van der Waals surface area contributed by atoms with Crippen LogP contribution >= 0.6 is 11.3 Å². The molecular formula is C19H13NOS. The third-order valence-electron chi connectivity index (χ3n) is 3.78. The maximum absolute atomic E-state index is 10.2. The second-order valence-electron chi connectivity index (χ2n) is 5.09. The van der Waals surface area contributed by atoms with E-state index in [0.717, 1.165) is 33.2 Å². The average Bonchev–Trinajstić information content (AvgIpc) is 3.08. The molecular weight excluding hydrogens is 290 g/mol. The summed E-state index contributed by atoms with van der Waals surface area (Å²) in [5.74, 6) is 0.274. The van der Waals surface area contributed by atoms with Gasteiger partial charge in [0, 0.05) is 28.3 Å². The smallest absolute Gasteiger partial charge is 0.123 e. The summed E-state index contributed by atoms with van der Waals surface area (Å²) < 4.78 is 0. The van der Waals surface area contributed by atoms with Gasteiger partial charge < -0.3 is 5.11 Å². The first-order valence-electron chi connectivity index (χ1n) is 7.03. The van der Waals surface area contributed by atoms with Gasteiger partial charge in [-0.25, -0.2) is 0 Å². The number of phenolic OH excluding ortho intramolecular Hbond substituents is 1. The lowest BCUT2D eigenvalue weighted by Crippen LogP contribution is -1.89. The van der Waals surface area contributed by atoms with E-state index in [0.29, 0.717) is 0 Å². The molecule has 2 heterocycles. The van der Waals surface area contributed by atoms with Crippen LogP contribution in [0.15, 0.2) is 71.6 Å². The summed E-state index contributed by atoms with van der Waals surface area (Å²) in [5.41, 5.74) is 5.00. The highest BCUT2D eigenvalue weighted by atomic mass is 32.1. The lowest BCUT2D eigenvalue weighted by Gasteiger charge is -2.13. The summed E-state index contributed by atoms with van der Waals surface area (Å²) in [6.45, 7) is 0. The van der Waals surface area contributed by atoms with Crippen molar-refractivity contribution in [2.24, 2.45) is 0 Å². The zero-order valence-electron chi connectivity index (χ0n) is 11.7. The molecule has 2 aromatic heterocycles. The van der Waals surface area contributed by atoms with E-state index < -0.39 is 0 Å². The van der Waals surface area contributed by atoms with Gasteiger partial charge in [-0.3, -0.25) is 4.98 Å². The fourth-order valence-corrected chi connectivity index (χ4v) is 3.41. The number of pyridine rings is 1. The number of para-hydroxylation sites is 2. The second-order valence-corrected chi connectivity index (χ2v) is 5.87. The lowest BCUT2D eigenvalue weighted by molar-refractivity contribution is 0.477. The molecule has 2 nitrogen and oxygen atoms in total. The van der Waals surface area contributed by atoms with Crippen molar-refractivity contribution in [1.82, 2.24) is 4.98 Å². The van der Waals surface area contributed by atoms with Crippen LogP contribution in [0.25, 0.3) is 33.2 Å². The van der Waals surface area contributed by atoms with Crippen molar-refractivity contribution in [3.05, 3.63) is 71.6 Å². The second kappa shape index (κ2) is 5.28. The number of rotatable bonds is 2. The highest BCUT2D eigenvalue weighted by molar-refractivity contribution is 7.08. The van der Waals surface area contributed by atoms with E-state index in [1.165, 1.54) is 0 Å². The Hall–Kier alpha value is -2.65. The number of nitrogens with zero attached hydrogens (tertiary/aromatic N) is 1. The number of fused-ring (bicyclic) bond motifs is 1. The maximum Gasteiger partial charge on any atom is 0.123 e. The molecule has 1 N–H and O–H groups in total. The van der Waals surface area contributed by atoms with Crippen LogP contribution in [0.3, 0.4) is 0 Å². The van der Waals surface area contributed by atoms with E-state index in [9.17, 15) is 5.11 Å². The highest BCUT2D eigenvalue weighted by Crippen LogP contribution is 2.40. The summed E-state index contributed by atoms with van der Waals surface area (Å²) in [5, 5.41) is 15.5. The quantitative estimate of drug-likeness (QED) is 0.542. The third-order valence-corrected chi connectivity index (χ3v) is 4.46. The molecule has 3 heteroatoms. The Bertz CT molecular complexity index is 945. The molecule has 0 aliphatic rings. The Morgan fingerprint density at radius 2 is 1.68 bits per heavy atom. The average molecular weight is 303 g/mol. The first-order chi connectivity index (χ1) is 10.8. The Labute approximate surface area is 132 Å². The van der Waals surface area contributed by atoms with Gasteiger partial charge >= 0.3 is 0 Å². The molecule has 0 saturated carbocycles. The summed E-state index contributed by atoms with van der Waals surface area (Å²) in [6, 6.07) is 17.6. The Morgan fingerprint density at radius 1 is 0.864 bits per heavy atom. The van der Waals surface area contributed by atoms with E-state index >= 15 is 0 Å². The molecule has 0 atom stereocenters. The van der Waals surface area contributed by atoms with Crippen molar-refractivity contribution in [2.45, 2.75) is 0 Å². The summed E-state index contributed by atoms with van der Waals surface area (Å²) in [4.78, 5) is 4.56. The fourth-order valence-electron chi connectivity index (χ4n) is 2.76. The normalized spacial score (nSPS) is 10.9. The first kappa shape index (κ1) is 13.0. The number of thiophene rings is 1. The van der Waals surface area contributed by atoms with Gasteiger partial charge in [0.15, 0.2) is 0 Å². The van der Waals surface area contributed by atoms with Gasteiger partial charge in [-0.2, -0.15) is 11.3 Å². The van der Waals surface area contributed by atoms with Crippen LogP contribution in [0.2, 0.25) is 0 Å². The number of hydrogen-bond donors (Lipinski definition) is 1. The van der Waals surface area contributed by atoms with Crippen LogP contribution in [-0.4, -0.2) is 10.1 Å². The first-order valence-corrected chi connectivity index (χ1v) is 7.97. The van der Waals surface area contributed by atoms with Crippen LogP contribution < -0.4 is 0 Å². The number of hydrogen-bond acceptors (Lipinski definition) is 3. The highest BCUT2D eigenvalue weighted by Gasteiger charge is 2.15. The van der Waals surface area contributed by atoms with Gasteiger partial charge in [0.1, 0.15) is 5.75 Å². The van der Waals surface area contributed by atoms with Gasteiger partial charge in [0.2, 0.25) is 0 Å². The molecule has 4 rings (SSSR count). The molecule has 0 spiro atoms. The predicted molar refractivity (Wildman–Crippen MR) is 92.2 cm³/mol. The summed E-state index contributed by atoms with van der Waals surface area (Å²) in [7, 11) is 0. The van der Waals surface area contributed by atoms with Gasteiger partial charge in [-0.05, 0) is 34.5 Å². The molecule has 106 valence electrons. The largest absolute Gasteiger partial charge is 0.507 e. The van der Waals surface area contributed by atoms with Crippen molar-refractivity contribution in [3.63, 3.8) is 0 Å². The van der Waals surface area contributed by atoms with E-state index in [2.05, 4.69) is 27.9 Å². The number of aromatic hydroxyl groups is 1. The van der Waals surface area contributed by atoms with Gasteiger partial charge in [0.25, 0.3) is 0 Å². The predicted octanol–water partition coefficient (Wildman–Crippen LogP) is 5.34. The van der Waals surface area contributed by atoms with Crippen molar-refractivity contribution in [1.29, 1.82) is 0 Å². The fraction of sp³-hybridized carbons (Fsp3) is 0. The molecule has 4 aromatic rings. The van der Waals surface area contributed by atoms with E-state index in [1.807, 2.05) is 42.6 Å². The van der Waals surface area contributed by atoms with E-state index in [4.69, 9.17) is 0 Å². The minimum Gasteiger partial charge on any atom is -0.507 e. The molecule has 0 radical (unpaired) electrons. The van der Waals surface area contributed by atoms with Gasteiger partial charge in [0.05, 0.1) is 5.52 Å².